The molecule has 0 aliphatic carbocycles. The van der Waals surface area contributed by atoms with Crippen molar-refractivity contribution in [2.24, 2.45) is 7.05 Å². The Morgan fingerprint density at radius 2 is 2.35 bits per heavy atom. The van der Waals surface area contributed by atoms with E-state index in [4.69, 9.17) is 0 Å². The smallest absolute Gasteiger partial charge is 0.0492 e. The predicted octanol–water partition coefficient (Wildman–Crippen LogP) is 1.04. The molecule has 4 nitrogen and oxygen atoms in total. The molecule has 1 aromatic rings. The summed E-state index contributed by atoms with van der Waals surface area (Å²) in [6, 6.07) is 2.12. The number of rotatable bonds is 4. The molecule has 0 aromatic carbocycles. The molecule has 4 heteroatoms. The van der Waals surface area contributed by atoms with Crippen molar-refractivity contribution in [1.29, 1.82) is 0 Å². The van der Waals surface area contributed by atoms with Crippen LogP contribution in [0.4, 0.5) is 0 Å². The van der Waals surface area contributed by atoms with Gasteiger partial charge in [-0.2, -0.15) is 5.10 Å². The minimum Gasteiger partial charge on any atom is -0.314 e. The number of nitrogens with one attached hydrogen (secondary N) is 1. The first-order valence-corrected chi connectivity index (χ1v) is 6.58. The lowest BCUT2D eigenvalue weighted by molar-refractivity contribution is 0.0722. The molecule has 1 saturated heterocycles. The van der Waals surface area contributed by atoms with E-state index >= 15 is 0 Å². The molecule has 1 aromatic heterocycles. The summed E-state index contributed by atoms with van der Waals surface area (Å²) in [5.74, 6) is 0. The lowest BCUT2D eigenvalue weighted by Gasteiger charge is -2.45. The van der Waals surface area contributed by atoms with Crippen LogP contribution < -0.4 is 5.32 Å². The molecule has 0 bridgehead atoms. The van der Waals surface area contributed by atoms with Gasteiger partial charge < -0.3 is 5.32 Å². The van der Waals surface area contributed by atoms with Crippen LogP contribution in [-0.4, -0.2) is 46.4 Å². The van der Waals surface area contributed by atoms with Gasteiger partial charge in [0, 0.05) is 57.1 Å². The third-order valence-electron chi connectivity index (χ3n) is 4.15. The molecule has 1 unspecified atom stereocenters. The first-order valence-electron chi connectivity index (χ1n) is 6.58. The van der Waals surface area contributed by atoms with E-state index in [1.807, 2.05) is 17.9 Å². The molecule has 1 fully saturated rings. The Morgan fingerprint density at radius 3 is 3.00 bits per heavy atom. The SMILES string of the molecule is CCC1(C)CNCCN1CCc1ccnn1C. The van der Waals surface area contributed by atoms with Gasteiger partial charge in [0.15, 0.2) is 0 Å². The highest BCUT2D eigenvalue weighted by Crippen LogP contribution is 2.21. The lowest BCUT2D eigenvalue weighted by Crippen LogP contribution is -2.59. The van der Waals surface area contributed by atoms with Crippen LogP contribution in [0.2, 0.25) is 0 Å². The highest BCUT2D eigenvalue weighted by molar-refractivity contribution is 5.01. The molecule has 0 saturated carbocycles. The second-order valence-corrected chi connectivity index (χ2v) is 5.21. The number of piperazine rings is 1. The molecule has 0 spiro atoms. The zero-order chi connectivity index (χ0) is 12.3. The number of nitrogens with zero attached hydrogens (tertiary/aromatic N) is 3. The molecular formula is C13H24N4. The molecule has 1 atom stereocenters. The van der Waals surface area contributed by atoms with Crippen LogP contribution in [0, 0.1) is 0 Å². The van der Waals surface area contributed by atoms with Crippen molar-refractivity contribution in [2.75, 3.05) is 26.2 Å². The van der Waals surface area contributed by atoms with Gasteiger partial charge in [-0.15, -0.1) is 0 Å². The maximum absolute atomic E-state index is 4.22. The van der Waals surface area contributed by atoms with Crippen molar-refractivity contribution >= 4 is 0 Å². The Balaban J connectivity index is 1.95. The number of aromatic nitrogens is 2. The number of hydrogen-bond acceptors (Lipinski definition) is 3. The summed E-state index contributed by atoms with van der Waals surface area (Å²) in [6.07, 6.45) is 4.17. The van der Waals surface area contributed by atoms with Gasteiger partial charge in [0.2, 0.25) is 0 Å². The highest BCUT2D eigenvalue weighted by Gasteiger charge is 2.32. The van der Waals surface area contributed by atoms with Crippen molar-refractivity contribution in [3.63, 3.8) is 0 Å². The third kappa shape index (κ3) is 2.69. The largest absolute Gasteiger partial charge is 0.314 e. The Morgan fingerprint density at radius 1 is 1.53 bits per heavy atom. The monoisotopic (exact) mass is 236 g/mol. The second kappa shape index (κ2) is 5.19. The van der Waals surface area contributed by atoms with Crippen molar-refractivity contribution in [3.05, 3.63) is 18.0 Å². The molecule has 1 N–H and O–H groups in total. The van der Waals surface area contributed by atoms with Gasteiger partial charge in [-0.3, -0.25) is 9.58 Å². The van der Waals surface area contributed by atoms with Crippen LogP contribution >= 0.6 is 0 Å². The maximum atomic E-state index is 4.22. The topological polar surface area (TPSA) is 33.1 Å². The van der Waals surface area contributed by atoms with E-state index < -0.39 is 0 Å². The molecule has 1 aliphatic rings. The van der Waals surface area contributed by atoms with Gasteiger partial charge >= 0.3 is 0 Å². The normalized spacial score (nSPS) is 26.3. The second-order valence-electron chi connectivity index (χ2n) is 5.21. The fraction of sp³-hybridized carbons (Fsp3) is 0.769. The van der Waals surface area contributed by atoms with Gasteiger partial charge in [-0.05, 0) is 19.4 Å². The molecule has 96 valence electrons. The fourth-order valence-corrected chi connectivity index (χ4v) is 2.58. The summed E-state index contributed by atoms with van der Waals surface area (Å²) in [7, 11) is 2.02. The van der Waals surface area contributed by atoms with Crippen LogP contribution in [-0.2, 0) is 13.5 Å². The minimum atomic E-state index is 0.316. The van der Waals surface area contributed by atoms with Crippen LogP contribution in [0.15, 0.2) is 12.3 Å². The average molecular weight is 236 g/mol. The zero-order valence-electron chi connectivity index (χ0n) is 11.2. The summed E-state index contributed by atoms with van der Waals surface area (Å²) >= 11 is 0. The molecule has 0 radical (unpaired) electrons. The van der Waals surface area contributed by atoms with E-state index in [2.05, 4.69) is 35.2 Å². The minimum absolute atomic E-state index is 0.316. The zero-order valence-corrected chi connectivity index (χ0v) is 11.2. The van der Waals surface area contributed by atoms with Gasteiger partial charge in [-0.25, -0.2) is 0 Å². The lowest BCUT2D eigenvalue weighted by atomic mass is 9.94. The standard InChI is InChI=1S/C13H24N4/c1-4-13(2)11-14-8-10-17(13)9-6-12-5-7-15-16(12)3/h5,7,14H,4,6,8-11H2,1-3H3. The Hall–Kier alpha value is -0.870. The Bertz CT molecular complexity index is 360. The van der Waals surface area contributed by atoms with E-state index in [0.29, 0.717) is 5.54 Å². The van der Waals surface area contributed by atoms with Gasteiger partial charge in [0.25, 0.3) is 0 Å². The molecule has 2 rings (SSSR count). The Labute approximate surface area is 104 Å². The van der Waals surface area contributed by atoms with Crippen molar-refractivity contribution < 1.29 is 0 Å². The first kappa shape index (κ1) is 12.6. The molecule has 1 aliphatic heterocycles. The van der Waals surface area contributed by atoms with E-state index in [0.717, 1.165) is 32.6 Å². The van der Waals surface area contributed by atoms with Crippen LogP contribution in [0.25, 0.3) is 0 Å². The summed E-state index contributed by atoms with van der Waals surface area (Å²) < 4.78 is 1.98. The van der Waals surface area contributed by atoms with Crippen molar-refractivity contribution in [1.82, 2.24) is 20.0 Å². The van der Waals surface area contributed by atoms with Gasteiger partial charge in [-0.1, -0.05) is 6.92 Å². The third-order valence-corrected chi connectivity index (χ3v) is 4.15. The summed E-state index contributed by atoms with van der Waals surface area (Å²) in [5.41, 5.74) is 1.64. The number of hydrogen-bond donors (Lipinski definition) is 1. The summed E-state index contributed by atoms with van der Waals surface area (Å²) in [6.45, 7) is 9.15. The number of aryl methyl sites for hydroxylation is 1. The van der Waals surface area contributed by atoms with Crippen molar-refractivity contribution in [2.45, 2.75) is 32.2 Å². The Kier molecular flexibility index (Phi) is 3.84. The van der Waals surface area contributed by atoms with E-state index in [-0.39, 0.29) is 0 Å². The fourth-order valence-electron chi connectivity index (χ4n) is 2.58. The highest BCUT2D eigenvalue weighted by atomic mass is 15.3. The van der Waals surface area contributed by atoms with Gasteiger partial charge in [0.1, 0.15) is 0 Å². The van der Waals surface area contributed by atoms with Crippen LogP contribution in [0.1, 0.15) is 26.0 Å². The van der Waals surface area contributed by atoms with Crippen molar-refractivity contribution in [3.8, 4) is 0 Å². The van der Waals surface area contributed by atoms with Gasteiger partial charge in [0.05, 0.1) is 0 Å². The average Bonchev–Trinajstić information content (AvgIpc) is 2.74. The van der Waals surface area contributed by atoms with Crippen LogP contribution in [0.3, 0.4) is 0 Å². The predicted molar refractivity (Wildman–Crippen MR) is 70.1 cm³/mol. The van der Waals surface area contributed by atoms with Crippen LogP contribution in [0.5, 0.6) is 0 Å². The summed E-state index contributed by atoms with van der Waals surface area (Å²) in [4.78, 5) is 2.62. The molecule has 2 heterocycles. The molecular weight excluding hydrogens is 212 g/mol. The first-order chi connectivity index (χ1) is 8.15. The van der Waals surface area contributed by atoms with E-state index in [1.54, 1.807) is 0 Å². The quantitative estimate of drug-likeness (QED) is 0.848. The summed E-state index contributed by atoms with van der Waals surface area (Å²) in [5, 5.41) is 7.72. The molecule has 17 heavy (non-hydrogen) atoms. The van der Waals surface area contributed by atoms with E-state index in [9.17, 15) is 0 Å². The maximum Gasteiger partial charge on any atom is 0.0492 e. The molecule has 0 amide bonds. The van der Waals surface area contributed by atoms with E-state index in [1.165, 1.54) is 12.1 Å².